The Labute approximate surface area is 214 Å². The van der Waals surface area contributed by atoms with Gasteiger partial charge in [-0.15, -0.1) is 0 Å². The van der Waals surface area contributed by atoms with Gasteiger partial charge in [0.1, 0.15) is 23.0 Å². The molecule has 3 aromatic carbocycles. The van der Waals surface area contributed by atoms with E-state index in [0.717, 1.165) is 0 Å². The van der Waals surface area contributed by atoms with Gasteiger partial charge in [0.15, 0.2) is 0 Å². The predicted octanol–water partition coefficient (Wildman–Crippen LogP) is 5.72. The zero-order valence-corrected chi connectivity index (χ0v) is 20.8. The van der Waals surface area contributed by atoms with Crippen molar-refractivity contribution in [2.75, 3.05) is 18.6 Å². The fourth-order valence-corrected chi connectivity index (χ4v) is 4.17. The van der Waals surface area contributed by atoms with Crippen LogP contribution in [0.25, 0.3) is 5.76 Å². The number of halogens is 1. The average molecular weight is 508 g/mol. The number of Topliss-reactive ketones (excluding diaryl/α,β-unsaturated/α-hetero) is 1. The van der Waals surface area contributed by atoms with E-state index in [0.29, 0.717) is 40.8 Å². The number of hydrogen-bond donors (Lipinski definition) is 2. The molecule has 0 spiro atoms. The van der Waals surface area contributed by atoms with Gasteiger partial charge >= 0.3 is 0 Å². The lowest BCUT2D eigenvalue weighted by Crippen LogP contribution is -2.29. The highest BCUT2D eigenvalue weighted by atomic mass is 35.5. The lowest BCUT2D eigenvalue weighted by Gasteiger charge is -2.26. The van der Waals surface area contributed by atoms with Gasteiger partial charge in [-0.25, -0.2) is 0 Å². The summed E-state index contributed by atoms with van der Waals surface area (Å²) in [6.07, 6.45) is 0. The van der Waals surface area contributed by atoms with Crippen molar-refractivity contribution < 1.29 is 29.3 Å². The molecule has 0 aliphatic carbocycles. The number of ether oxygens (including phenoxy) is 2. The number of amides is 1. The number of methoxy groups -OCH3 is 1. The van der Waals surface area contributed by atoms with Gasteiger partial charge in [-0.05, 0) is 72.1 Å². The van der Waals surface area contributed by atoms with Crippen molar-refractivity contribution in [1.82, 2.24) is 0 Å². The summed E-state index contributed by atoms with van der Waals surface area (Å²) in [5.74, 6) is -0.539. The Morgan fingerprint density at radius 1 is 1.00 bits per heavy atom. The Morgan fingerprint density at radius 2 is 1.64 bits per heavy atom. The minimum atomic E-state index is -0.978. The van der Waals surface area contributed by atoms with Gasteiger partial charge in [0.05, 0.1) is 30.4 Å². The molecule has 1 atom stereocenters. The average Bonchev–Trinajstić information content (AvgIpc) is 3.14. The highest BCUT2D eigenvalue weighted by Gasteiger charge is 2.47. The van der Waals surface area contributed by atoms with Crippen molar-refractivity contribution in [2.45, 2.75) is 19.9 Å². The quantitative estimate of drug-likeness (QED) is 0.241. The number of phenolic OH excluding ortho intramolecular Hbond substituents is 1. The van der Waals surface area contributed by atoms with Crippen molar-refractivity contribution in [3.05, 3.63) is 88.5 Å². The number of carbonyl (C=O) groups excluding carboxylic acids is 2. The number of carbonyl (C=O) groups is 2. The molecule has 1 aliphatic rings. The van der Waals surface area contributed by atoms with E-state index in [2.05, 4.69) is 0 Å². The van der Waals surface area contributed by atoms with E-state index in [4.69, 9.17) is 21.1 Å². The minimum Gasteiger partial charge on any atom is -0.507 e. The van der Waals surface area contributed by atoms with Crippen LogP contribution in [0.2, 0.25) is 5.02 Å². The second-order valence-corrected chi connectivity index (χ2v) is 9.21. The summed E-state index contributed by atoms with van der Waals surface area (Å²) in [4.78, 5) is 27.8. The third-order valence-electron chi connectivity index (χ3n) is 5.79. The molecular weight excluding hydrogens is 482 g/mol. The van der Waals surface area contributed by atoms with Crippen LogP contribution in [0, 0.1) is 5.92 Å². The largest absolute Gasteiger partial charge is 0.507 e. The molecule has 1 heterocycles. The van der Waals surface area contributed by atoms with E-state index in [1.165, 1.54) is 24.1 Å². The van der Waals surface area contributed by atoms with Crippen LogP contribution < -0.4 is 14.4 Å². The standard InChI is InChI=1S/C28H26ClNO6/c1-16(2)15-36-21-9-4-17(5-10-21)26(32)24-25(18-6-13-23(31)22(29)14-18)30(28(34)27(24)33)19-7-11-20(35-3)12-8-19/h4-14,16,25,31-32H,15H2,1-3H3/b26-24-. The number of benzene rings is 3. The molecule has 3 aromatic rings. The lowest BCUT2D eigenvalue weighted by atomic mass is 9.95. The smallest absolute Gasteiger partial charge is 0.300 e. The topological polar surface area (TPSA) is 96.3 Å². The number of aromatic hydroxyl groups is 1. The number of aliphatic hydroxyl groups is 1. The van der Waals surface area contributed by atoms with Gasteiger partial charge < -0.3 is 19.7 Å². The molecule has 186 valence electrons. The Morgan fingerprint density at radius 3 is 2.22 bits per heavy atom. The van der Waals surface area contributed by atoms with Crippen LogP contribution in [0.4, 0.5) is 5.69 Å². The van der Waals surface area contributed by atoms with Gasteiger partial charge in [0.25, 0.3) is 11.7 Å². The Bertz CT molecular complexity index is 1310. The Balaban J connectivity index is 1.83. The van der Waals surface area contributed by atoms with Crippen LogP contribution in [0.5, 0.6) is 17.2 Å². The molecule has 0 saturated carbocycles. The number of anilines is 1. The fraction of sp³-hybridized carbons (Fsp3) is 0.214. The van der Waals surface area contributed by atoms with E-state index in [1.807, 2.05) is 13.8 Å². The van der Waals surface area contributed by atoms with Crippen molar-refractivity contribution >= 4 is 34.7 Å². The van der Waals surface area contributed by atoms with Crippen LogP contribution in [-0.4, -0.2) is 35.6 Å². The van der Waals surface area contributed by atoms with Gasteiger partial charge in [0, 0.05) is 11.3 Å². The second kappa shape index (κ2) is 10.3. The molecule has 0 aromatic heterocycles. The van der Waals surface area contributed by atoms with E-state index in [9.17, 15) is 19.8 Å². The van der Waals surface area contributed by atoms with Crippen molar-refractivity contribution in [3.8, 4) is 17.2 Å². The number of ketones is 1. The summed E-state index contributed by atoms with van der Waals surface area (Å²) in [6, 6.07) is 16.7. The molecule has 8 heteroatoms. The molecule has 2 N–H and O–H groups in total. The van der Waals surface area contributed by atoms with E-state index < -0.39 is 17.7 Å². The summed E-state index contributed by atoms with van der Waals surface area (Å²) in [5, 5.41) is 21.2. The van der Waals surface area contributed by atoms with Gasteiger partial charge in [-0.3, -0.25) is 14.5 Å². The second-order valence-electron chi connectivity index (χ2n) is 8.81. The van der Waals surface area contributed by atoms with E-state index >= 15 is 0 Å². The van der Waals surface area contributed by atoms with Gasteiger partial charge in [-0.1, -0.05) is 31.5 Å². The molecule has 1 aliphatic heterocycles. The first kappa shape index (κ1) is 25.1. The molecule has 1 amide bonds. The first-order valence-corrected chi connectivity index (χ1v) is 11.8. The van der Waals surface area contributed by atoms with Crippen LogP contribution in [0.3, 0.4) is 0 Å². The summed E-state index contributed by atoms with van der Waals surface area (Å²) >= 11 is 6.16. The molecule has 0 bridgehead atoms. The normalized spacial score (nSPS) is 17.0. The molecule has 1 fully saturated rings. The van der Waals surface area contributed by atoms with Crippen LogP contribution >= 0.6 is 11.6 Å². The first-order chi connectivity index (χ1) is 17.2. The first-order valence-electron chi connectivity index (χ1n) is 11.4. The van der Waals surface area contributed by atoms with Crippen molar-refractivity contribution in [1.29, 1.82) is 0 Å². The highest BCUT2D eigenvalue weighted by Crippen LogP contribution is 2.43. The molecule has 4 rings (SSSR count). The number of nitrogens with zero attached hydrogens (tertiary/aromatic N) is 1. The van der Waals surface area contributed by atoms with E-state index in [1.54, 1.807) is 54.6 Å². The summed E-state index contributed by atoms with van der Waals surface area (Å²) in [5.41, 5.74) is 1.15. The zero-order chi connectivity index (χ0) is 26.0. The Hall–Kier alpha value is -3.97. The molecule has 7 nitrogen and oxygen atoms in total. The number of hydrogen-bond acceptors (Lipinski definition) is 6. The van der Waals surface area contributed by atoms with Gasteiger partial charge in [0.2, 0.25) is 0 Å². The summed E-state index contributed by atoms with van der Waals surface area (Å²) in [6.45, 7) is 4.62. The zero-order valence-electron chi connectivity index (χ0n) is 20.1. The van der Waals surface area contributed by atoms with Crippen LogP contribution in [0.15, 0.2) is 72.3 Å². The van der Waals surface area contributed by atoms with Crippen molar-refractivity contribution in [2.24, 2.45) is 5.92 Å². The molecular formula is C28H26ClNO6. The predicted molar refractivity (Wildman–Crippen MR) is 138 cm³/mol. The van der Waals surface area contributed by atoms with Crippen molar-refractivity contribution in [3.63, 3.8) is 0 Å². The number of rotatable bonds is 7. The van der Waals surface area contributed by atoms with Crippen LogP contribution in [0.1, 0.15) is 31.0 Å². The molecule has 1 unspecified atom stereocenters. The summed E-state index contributed by atoms with van der Waals surface area (Å²) in [7, 11) is 1.53. The maximum absolute atomic E-state index is 13.3. The van der Waals surface area contributed by atoms with E-state index in [-0.39, 0.29) is 22.1 Å². The molecule has 0 radical (unpaired) electrons. The third-order valence-corrected chi connectivity index (χ3v) is 6.10. The number of phenols is 1. The molecule has 1 saturated heterocycles. The Kier molecular flexibility index (Phi) is 7.22. The SMILES string of the molecule is COc1ccc(N2C(=O)C(=O)/C(=C(\O)c3ccc(OCC(C)C)cc3)C2c2ccc(O)c(Cl)c2)cc1. The molecule has 36 heavy (non-hydrogen) atoms. The lowest BCUT2D eigenvalue weighted by molar-refractivity contribution is -0.132. The van der Waals surface area contributed by atoms with Crippen LogP contribution in [-0.2, 0) is 9.59 Å². The minimum absolute atomic E-state index is 0.0551. The third kappa shape index (κ3) is 4.88. The monoisotopic (exact) mass is 507 g/mol. The maximum Gasteiger partial charge on any atom is 0.300 e. The summed E-state index contributed by atoms with van der Waals surface area (Å²) < 4.78 is 10.9. The fourth-order valence-electron chi connectivity index (χ4n) is 3.98. The maximum atomic E-state index is 13.3. The highest BCUT2D eigenvalue weighted by molar-refractivity contribution is 6.51. The number of aliphatic hydroxyl groups excluding tert-OH is 1. The van der Waals surface area contributed by atoms with Gasteiger partial charge in [-0.2, -0.15) is 0 Å².